The summed E-state index contributed by atoms with van der Waals surface area (Å²) in [6, 6.07) is 24.2. The lowest BCUT2D eigenvalue weighted by molar-refractivity contribution is -0.131. The Morgan fingerprint density at radius 2 is 0.304 bits per heavy atom. The van der Waals surface area contributed by atoms with Crippen LogP contribution in [0.1, 0.15) is 266 Å². The van der Waals surface area contributed by atoms with Crippen LogP contribution in [0.3, 0.4) is 0 Å². The number of rotatable bonds is 12. The summed E-state index contributed by atoms with van der Waals surface area (Å²) in [4.78, 5) is 87.1. The number of hydrogen-bond donors (Lipinski definition) is 0. The molecule has 12 bridgehead atoms. The topological polar surface area (TPSA) is 158 Å². The number of fused-ring (bicyclic) bond motifs is 12. The van der Waals surface area contributed by atoms with Crippen molar-refractivity contribution in [1.29, 1.82) is 0 Å². The van der Waals surface area contributed by atoms with Crippen LogP contribution >= 0.6 is 0 Å². The van der Waals surface area contributed by atoms with Gasteiger partial charge in [0, 0.05) is 139 Å². The fraction of sp³-hybridized carbons (Fsp3) is 0.400. The Morgan fingerprint density at radius 1 is 0.216 bits per heavy atom. The monoisotopic (exact) mass is 1380 g/mol. The van der Waals surface area contributed by atoms with E-state index in [2.05, 4.69) is 164 Å². The SMILES string of the molecule is C=C(C)C(=O)Oc1c2cc(C(C)(C)C)cc1Cc1cc(C(C)(C)C)cc(c1OC(=O)C(=C)C)Cc1cc(C(C)(C)C)cc(c1OC(=O)C(=C)C)Cc1cc(C(C)(C)C)cc(c1OC(=O)C(=C)C)Cc1cc(C(C)(C)C)cc(c1OC(=O)C(=C)C)Cc1cc(C(C)(C)C)cc(c1OC(=O)C(=C)C)C2. The molecule has 12 nitrogen and oxygen atoms in total. The molecule has 7 rings (SSSR count). The van der Waals surface area contributed by atoms with Crippen molar-refractivity contribution in [3.05, 3.63) is 246 Å². The Hall–Kier alpha value is -9.42. The third-order valence-electron chi connectivity index (χ3n) is 18.2. The van der Waals surface area contributed by atoms with Gasteiger partial charge in [-0.25, -0.2) is 28.8 Å². The highest BCUT2D eigenvalue weighted by atomic mass is 16.6. The number of benzene rings is 6. The van der Waals surface area contributed by atoms with Crippen molar-refractivity contribution in [3.8, 4) is 34.5 Å². The molecule has 540 valence electrons. The van der Waals surface area contributed by atoms with Crippen LogP contribution < -0.4 is 28.4 Å². The predicted octanol–water partition coefficient (Wildman–Crippen LogP) is 20.2. The Labute approximate surface area is 607 Å². The van der Waals surface area contributed by atoms with Crippen molar-refractivity contribution in [2.75, 3.05) is 0 Å². The molecule has 6 aromatic carbocycles. The van der Waals surface area contributed by atoms with E-state index in [9.17, 15) is 28.8 Å². The third kappa shape index (κ3) is 19.2. The van der Waals surface area contributed by atoms with E-state index in [1.807, 2.05) is 72.8 Å². The summed E-state index contributed by atoms with van der Waals surface area (Å²) < 4.78 is 40.1. The zero-order valence-corrected chi connectivity index (χ0v) is 65.3. The Kier molecular flexibility index (Phi) is 23.4. The first-order valence-electron chi connectivity index (χ1n) is 35.0. The molecule has 0 saturated heterocycles. The van der Waals surface area contributed by atoms with Crippen LogP contribution in [0.25, 0.3) is 0 Å². The first kappa shape index (κ1) is 79.9. The molecule has 1 aliphatic carbocycles. The van der Waals surface area contributed by atoms with E-state index >= 15 is 0 Å². The van der Waals surface area contributed by atoms with Crippen LogP contribution in [0.15, 0.2) is 146 Å². The average molecular weight is 1380 g/mol. The molecule has 12 heteroatoms. The zero-order valence-electron chi connectivity index (χ0n) is 65.3. The molecule has 1 aliphatic rings. The van der Waals surface area contributed by atoms with Crippen LogP contribution in [0.2, 0.25) is 0 Å². The smallest absolute Gasteiger partial charge is 0.338 e. The minimum atomic E-state index is -0.690. The van der Waals surface area contributed by atoms with Gasteiger partial charge in [-0.2, -0.15) is 0 Å². The van der Waals surface area contributed by atoms with Crippen LogP contribution in [0, 0.1) is 0 Å². The fourth-order valence-corrected chi connectivity index (χ4v) is 11.8. The summed E-state index contributed by atoms with van der Waals surface area (Å²) in [7, 11) is 0. The molecule has 0 unspecified atom stereocenters. The second-order valence-electron chi connectivity index (χ2n) is 34.3. The van der Waals surface area contributed by atoms with Gasteiger partial charge in [-0.1, -0.05) is 237 Å². The molecule has 6 aromatic rings. The van der Waals surface area contributed by atoms with E-state index in [1.165, 1.54) is 0 Å². The van der Waals surface area contributed by atoms with Gasteiger partial charge in [0.15, 0.2) is 0 Å². The van der Waals surface area contributed by atoms with E-state index in [1.54, 1.807) is 41.5 Å². The van der Waals surface area contributed by atoms with Crippen molar-refractivity contribution in [3.63, 3.8) is 0 Å². The summed E-state index contributed by atoms with van der Waals surface area (Å²) in [6.45, 7) is 71.4. The number of carbonyl (C=O) groups excluding carboxylic acids is 6. The number of hydrogen-bond acceptors (Lipinski definition) is 12. The molecule has 0 amide bonds. The quantitative estimate of drug-likeness (QED) is 0.0649. The lowest BCUT2D eigenvalue weighted by Gasteiger charge is -2.29. The highest BCUT2D eigenvalue weighted by molar-refractivity contribution is 5.93. The largest absolute Gasteiger partial charge is 0.423 e. The Morgan fingerprint density at radius 3 is 0.373 bits per heavy atom. The minimum Gasteiger partial charge on any atom is -0.423 e. The Balaban J connectivity index is 1.86. The maximum absolute atomic E-state index is 14.5. The first-order valence-corrected chi connectivity index (χ1v) is 35.0. The van der Waals surface area contributed by atoms with Crippen LogP contribution in [0.5, 0.6) is 34.5 Å². The number of ether oxygens (including phenoxy) is 6. The number of carbonyl (C=O) groups is 6. The van der Waals surface area contributed by atoms with Gasteiger partial charge in [0.2, 0.25) is 0 Å². The van der Waals surface area contributed by atoms with E-state index in [0.29, 0.717) is 66.8 Å². The molecule has 0 spiro atoms. The molecule has 0 heterocycles. The van der Waals surface area contributed by atoms with Gasteiger partial charge in [0.05, 0.1) is 0 Å². The molecular weight excluding hydrogens is 1270 g/mol. The van der Waals surface area contributed by atoms with Crippen molar-refractivity contribution < 1.29 is 57.2 Å². The molecule has 0 saturated carbocycles. The van der Waals surface area contributed by atoms with Crippen LogP contribution in [-0.4, -0.2) is 35.8 Å². The maximum Gasteiger partial charge on any atom is 0.338 e. The lowest BCUT2D eigenvalue weighted by Crippen LogP contribution is -2.20. The maximum atomic E-state index is 14.5. The van der Waals surface area contributed by atoms with Crippen molar-refractivity contribution in [1.82, 2.24) is 0 Å². The molecule has 0 radical (unpaired) electrons. The van der Waals surface area contributed by atoms with E-state index in [4.69, 9.17) is 28.4 Å². The van der Waals surface area contributed by atoms with E-state index in [0.717, 1.165) is 33.4 Å². The average Bonchev–Trinajstić information content (AvgIpc) is 0.767. The standard InChI is InChI=1S/C90H108O12/c1-49(2)79(91)97-73-55-31-57-39-68(86(16,17)18)41-59(74(57)98-80(92)50(3)4)33-61-43-70(88(22,23)24)45-63(76(61)100-82(94)52(7)8)35-65-47-72(90(28,29)30)48-66(78(65)102-84(96)54(11)12)36-64-46-71(89(25,26)27)44-62(77(64)101-83(95)53(9)10)34-60-42-69(87(19,20)21)40-58(75(60)99-81(93)51(5)6)32-56(73)38-67(37-55)85(13,14)15/h37-48H,1,3,5,7,9,11,31-36H2,2,4,6,8,10,12-30H3. The fourth-order valence-electron chi connectivity index (χ4n) is 11.8. The van der Waals surface area contributed by atoms with Gasteiger partial charge in [0.25, 0.3) is 0 Å². The third-order valence-corrected chi connectivity index (χ3v) is 18.2. The predicted molar refractivity (Wildman–Crippen MR) is 410 cm³/mol. The summed E-state index contributed by atoms with van der Waals surface area (Å²) in [6.07, 6.45) is 0.150. The summed E-state index contributed by atoms with van der Waals surface area (Å²) in [5.41, 5.74) is 9.52. The minimum absolute atomic E-state index is 0.0251. The summed E-state index contributed by atoms with van der Waals surface area (Å²) in [5.74, 6) is -2.86. The van der Waals surface area contributed by atoms with Crippen LogP contribution in [-0.2, 0) is 99.8 Å². The first-order chi connectivity index (χ1) is 46.7. The second-order valence-corrected chi connectivity index (χ2v) is 34.3. The summed E-state index contributed by atoms with van der Waals surface area (Å²) >= 11 is 0. The second kappa shape index (κ2) is 29.9. The molecule has 0 atom stereocenters. The number of esters is 6. The van der Waals surface area contributed by atoms with E-state index in [-0.39, 0.29) is 106 Å². The Bertz CT molecular complexity index is 3630. The van der Waals surface area contributed by atoms with Crippen molar-refractivity contribution >= 4 is 35.8 Å². The molecule has 0 N–H and O–H groups in total. The normalized spacial score (nSPS) is 12.9. The highest BCUT2D eigenvalue weighted by Gasteiger charge is 2.34. The van der Waals surface area contributed by atoms with E-state index < -0.39 is 68.3 Å². The zero-order chi connectivity index (χ0) is 76.8. The van der Waals surface area contributed by atoms with Crippen molar-refractivity contribution in [2.24, 2.45) is 0 Å². The van der Waals surface area contributed by atoms with Gasteiger partial charge in [-0.05, 0) is 107 Å². The molecule has 0 aromatic heterocycles. The summed E-state index contributed by atoms with van der Waals surface area (Å²) in [5, 5.41) is 0. The van der Waals surface area contributed by atoms with Gasteiger partial charge in [-0.15, -0.1) is 0 Å². The van der Waals surface area contributed by atoms with Crippen LogP contribution in [0.4, 0.5) is 0 Å². The van der Waals surface area contributed by atoms with Gasteiger partial charge in [-0.3, -0.25) is 0 Å². The lowest BCUT2D eigenvalue weighted by atomic mass is 9.79. The highest BCUT2D eigenvalue weighted by Crippen LogP contribution is 2.47. The molecule has 0 fully saturated rings. The van der Waals surface area contributed by atoms with Crippen molar-refractivity contribution in [2.45, 2.75) is 237 Å². The van der Waals surface area contributed by atoms with Gasteiger partial charge < -0.3 is 28.4 Å². The molecular formula is C90H108O12. The molecule has 0 aliphatic heterocycles. The van der Waals surface area contributed by atoms with Gasteiger partial charge in [0.1, 0.15) is 34.5 Å². The van der Waals surface area contributed by atoms with Gasteiger partial charge >= 0.3 is 35.8 Å². The molecule has 102 heavy (non-hydrogen) atoms.